The predicted molar refractivity (Wildman–Crippen MR) is 85.6 cm³/mol. The molecule has 23 heavy (non-hydrogen) atoms. The molecule has 6 nitrogen and oxygen atoms in total. The molecule has 0 saturated carbocycles. The number of hydrogen-bond acceptors (Lipinski definition) is 3. The van der Waals surface area contributed by atoms with Crippen molar-refractivity contribution in [2.45, 2.75) is 12.5 Å². The van der Waals surface area contributed by atoms with Crippen LogP contribution in [0.4, 0.5) is 10.6 Å². The zero-order valence-electron chi connectivity index (χ0n) is 12.2. The number of carbonyl (C=O) groups excluding carboxylic acids is 2. The summed E-state index contributed by atoms with van der Waals surface area (Å²) in [6.45, 7) is 0. The third-order valence-corrected chi connectivity index (χ3v) is 3.90. The lowest BCUT2D eigenvalue weighted by Crippen LogP contribution is -2.42. The summed E-state index contributed by atoms with van der Waals surface area (Å²) in [6, 6.07) is 14.0. The molecular weight excluding hydrogens is 292 g/mol. The van der Waals surface area contributed by atoms with Gasteiger partial charge >= 0.3 is 6.03 Å². The summed E-state index contributed by atoms with van der Waals surface area (Å²) in [5, 5.41) is 5.38. The van der Waals surface area contributed by atoms with Gasteiger partial charge in [0.25, 0.3) is 0 Å². The lowest BCUT2D eigenvalue weighted by molar-refractivity contribution is 0.0944. The van der Waals surface area contributed by atoms with Gasteiger partial charge in [-0.15, -0.1) is 0 Å². The molecule has 0 spiro atoms. The van der Waals surface area contributed by atoms with Gasteiger partial charge in [0.05, 0.1) is 6.04 Å². The van der Waals surface area contributed by atoms with E-state index in [1.165, 1.54) is 0 Å². The minimum Gasteiger partial charge on any atom is -0.327 e. The Labute approximate surface area is 132 Å². The number of ketones is 1. The van der Waals surface area contributed by atoms with Crippen molar-refractivity contribution < 1.29 is 9.59 Å². The third-order valence-electron chi connectivity index (χ3n) is 3.90. The number of amides is 2. The van der Waals surface area contributed by atoms with Gasteiger partial charge in [-0.05, 0) is 17.7 Å². The van der Waals surface area contributed by atoms with Crippen LogP contribution in [0.3, 0.4) is 0 Å². The number of fused-ring (bicyclic) bond motifs is 3. The molecule has 0 bridgehead atoms. The van der Waals surface area contributed by atoms with E-state index in [0.717, 1.165) is 5.56 Å². The molecule has 0 radical (unpaired) electrons. The topological polar surface area (TPSA) is 75.5 Å². The summed E-state index contributed by atoms with van der Waals surface area (Å²) in [5.74, 6) is 0.148. The first kappa shape index (κ1) is 13.5. The molecule has 114 valence electrons. The van der Waals surface area contributed by atoms with E-state index in [0.29, 0.717) is 23.6 Å². The van der Waals surface area contributed by atoms with Crippen LogP contribution < -0.4 is 10.6 Å². The van der Waals surface area contributed by atoms with Gasteiger partial charge < -0.3 is 5.32 Å². The van der Waals surface area contributed by atoms with Gasteiger partial charge in [-0.1, -0.05) is 36.4 Å². The van der Waals surface area contributed by atoms with Crippen molar-refractivity contribution >= 4 is 23.3 Å². The molecular formula is C17H14N4O2. The number of imidazole rings is 1. The fraction of sp³-hybridized carbons (Fsp3) is 0.118. The number of hydrogen-bond donors (Lipinski definition) is 2. The van der Waals surface area contributed by atoms with E-state index >= 15 is 0 Å². The van der Waals surface area contributed by atoms with Crippen LogP contribution in [0.2, 0.25) is 0 Å². The van der Waals surface area contributed by atoms with E-state index in [-0.39, 0.29) is 5.78 Å². The maximum Gasteiger partial charge on any atom is 0.321 e. The number of nitrogens with one attached hydrogen (secondary N) is 2. The highest BCUT2D eigenvalue weighted by Crippen LogP contribution is 2.22. The number of pyridine rings is 1. The predicted octanol–water partition coefficient (Wildman–Crippen LogP) is 2.26. The van der Waals surface area contributed by atoms with Crippen molar-refractivity contribution in [3.05, 3.63) is 66.0 Å². The van der Waals surface area contributed by atoms with Crippen molar-refractivity contribution in [2.24, 2.45) is 0 Å². The maximum absolute atomic E-state index is 12.9. The summed E-state index contributed by atoms with van der Waals surface area (Å²) < 4.78 is 1.71. The van der Waals surface area contributed by atoms with Gasteiger partial charge in [0.2, 0.25) is 5.78 Å². The Bertz CT molecular complexity index is 901. The van der Waals surface area contributed by atoms with E-state index in [4.69, 9.17) is 0 Å². The molecule has 2 amide bonds. The van der Waals surface area contributed by atoms with Crippen LogP contribution in [0.15, 0.2) is 54.7 Å². The summed E-state index contributed by atoms with van der Waals surface area (Å²) in [6.07, 6.45) is 2.21. The summed E-state index contributed by atoms with van der Waals surface area (Å²) >= 11 is 0. The fourth-order valence-corrected chi connectivity index (χ4v) is 2.84. The van der Waals surface area contributed by atoms with Crippen molar-refractivity contribution in [2.75, 3.05) is 5.32 Å². The third kappa shape index (κ3) is 2.34. The van der Waals surface area contributed by atoms with Gasteiger partial charge in [-0.2, -0.15) is 0 Å². The number of urea groups is 1. The van der Waals surface area contributed by atoms with Crippen LogP contribution in [0.25, 0.3) is 5.65 Å². The highest BCUT2D eigenvalue weighted by Gasteiger charge is 2.32. The second-order valence-electron chi connectivity index (χ2n) is 5.44. The Morgan fingerprint density at radius 3 is 2.65 bits per heavy atom. The van der Waals surface area contributed by atoms with Crippen LogP contribution in [0.1, 0.15) is 16.1 Å². The summed E-state index contributed by atoms with van der Waals surface area (Å²) in [4.78, 5) is 29.3. The molecule has 2 N–H and O–H groups in total. The zero-order chi connectivity index (χ0) is 15.8. The number of carbonyl (C=O) groups is 2. The maximum atomic E-state index is 12.9. The van der Waals surface area contributed by atoms with Crippen LogP contribution >= 0.6 is 0 Å². The Hall–Kier alpha value is -3.15. The number of aromatic nitrogens is 2. The molecule has 1 atom stereocenters. The van der Waals surface area contributed by atoms with Crippen molar-refractivity contribution in [3.8, 4) is 0 Å². The van der Waals surface area contributed by atoms with Crippen LogP contribution in [-0.2, 0) is 6.42 Å². The SMILES string of the molecule is O=C1Nc2nc3ccccn3c2C(=O)[C@H](Cc2ccccc2)N1. The average Bonchev–Trinajstić information content (AvgIpc) is 2.87. The Kier molecular flexibility index (Phi) is 3.08. The highest BCUT2D eigenvalue weighted by atomic mass is 16.2. The van der Waals surface area contributed by atoms with Gasteiger partial charge in [-0.25, -0.2) is 9.78 Å². The lowest BCUT2D eigenvalue weighted by atomic mass is 10.0. The number of Topliss-reactive ketones (excluding diaryl/α,β-unsaturated/α-hetero) is 1. The second-order valence-corrected chi connectivity index (χ2v) is 5.44. The molecule has 0 fully saturated rings. The molecule has 4 rings (SSSR count). The number of rotatable bonds is 2. The van der Waals surface area contributed by atoms with Gasteiger partial charge in [0.15, 0.2) is 5.82 Å². The molecule has 1 aliphatic heterocycles. The normalized spacial score (nSPS) is 17.3. The number of anilines is 1. The largest absolute Gasteiger partial charge is 0.327 e. The van der Waals surface area contributed by atoms with Crippen molar-refractivity contribution in [1.82, 2.24) is 14.7 Å². The number of benzene rings is 1. The van der Waals surface area contributed by atoms with Gasteiger partial charge in [-0.3, -0.25) is 14.5 Å². The highest BCUT2D eigenvalue weighted by molar-refractivity contribution is 6.10. The van der Waals surface area contributed by atoms with Crippen molar-refractivity contribution in [3.63, 3.8) is 0 Å². The molecule has 6 heteroatoms. The number of nitrogens with zero attached hydrogens (tertiary/aromatic N) is 2. The van der Waals surface area contributed by atoms with Gasteiger partial charge in [0.1, 0.15) is 11.3 Å². The van der Waals surface area contributed by atoms with Crippen LogP contribution in [0, 0.1) is 0 Å². The van der Waals surface area contributed by atoms with Crippen LogP contribution in [0.5, 0.6) is 0 Å². The Morgan fingerprint density at radius 1 is 1.04 bits per heavy atom. The summed E-state index contributed by atoms with van der Waals surface area (Å²) in [7, 11) is 0. The van der Waals surface area contributed by atoms with E-state index in [2.05, 4.69) is 15.6 Å². The fourth-order valence-electron chi connectivity index (χ4n) is 2.84. The van der Waals surface area contributed by atoms with Crippen LogP contribution in [-0.4, -0.2) is 27.2 Å². The lowest BCUT2D eigenvalue weighted by Gasteiger charge is -2.14. The first-order chi connectivity index (χ1) is 11.2. The minimum absolute atomic E-state index is 0.152. The monoisotopic (exact) mass is 306 g/mol. The molecule has 0 aliphatic carbocycles. The van der Waals surface area contributed by atoms with E-state index in [9.17, 15) is 9.59 Å². The second kappa shape index (κ2) is 5.24. The smallest absolute Gasteiger partial charge is 0.321 e. The standard InChI is InChI=1S/C17H14N4O2/c22-15-12(10-11-6-2-1-3-7-11)18-17(23)20-16-14(15)21-9-5-4-8-13(21)19-16/h1-9,12H,10H2,(H2,18,20,23)/t12-/m0/s1. The average molecular weight is 306 g/mol. The van der Waals surface area contributed by atoms with E-state index < -0.39 is 12.1 Å². The van der Waals surface area contributed by atoms with E-state index in [1.54, 1.807) is 16.7 Å². The summed E-state index contributed by atoms with van der Waals surface area (Å²) in [5.41, 5.74) is 2.02. The quantitative estimate of drug-likeness (QED) is 0.762. The molecule has 3 heterocycles. The molecule has 1 aromatic carbocycles. The Morgan fingerprint density at radius 2 is 1.83 bits per heavy atom. The molecule has 1 aliphatic rings. The molecule has 0 unspecified atom stereocenters. The van der Waals surface area contributed by atoms with Gasteiger partial charge in [0, 0.05) is 12.6 Å². The molecule has 3 aromatic rings. The van der Waals surface area contributed by atoms with E-state index in [1.807, 2.05) is 42.5 Å². The first-order valence-corrected chi connectivity index (χ1v) is 7.35. The van der Waals surface area contributed by atoms with Crippen molar-refractivity contribution in [1.29, 1.82) is 0 Å². The first-order valence-electron chi connectivity index (χ1n) is 7.35. The zero-order valence-corrected chi connectivity index (χ0v) is 12.2. The molecule has 0 saturated heterocycles. The Balaban J connectivity index is 1.78. The minimum atomic E-state index is -0.626. The molecule has 2 aromatic heterocycles.